The van der Waals surface area contributed by atoms with Gasteiger partial charge in [0.25, 0.3) is 0 Å². The molecule has 104 valence electrons. The molecule has 1 unspecified atom stereocenters. The first kappa shape index (κ1) is 16.6. The lowest BCUT2D eigenvalue weighted by atomic mass is 10.0. The number of nitrogens with one attached hydrogen (secondary N) is 1. The Morgan fingerprint density at radius 2 is 1.78 bits per heavy atom. The second kappa shape index (κ2) is 9.62. The summed E-state index contributed by atoms with van der Waals surface area (Å²) in [6.07, 6.45) is 4.55. The van der Waals surface area contributed by atoms with Crippen molar-refractivity contribution >= 4 is 17.7 Å². The van der Waals surface area contributed by atoms with Gasteiger partial charge in [-0.1, -0.05) is 32.6 Å². The van der Waals surface area contributed by atoms with E-state index in [0.29, 0.717) is 6.42 Å². The van der Waals surface area contributed by atoms with Gasteiger partial charge in [0.05, 0.1) is 12.5 Å². The fourth-order valence-corrected chi connectivity index (χ4v) is 1.64. The molecule has 0 fully saturated rings. The molecule has 0 spiro atoms. The van der Waals surface area contributed by atoms with Gasteiger partial charge in [0.1, 0.15) is 0 Å². The van der Waals surface area contributed by atoms with E-state index in [1.165, 1.54) is 6.92 Å². The van der Waals surface area contributed by atoms with Gasteiger partial charge in [0.2, 0.25) is 5.91 Å². The maximum atomic E-state index is 11.4. The van der Waals surface area contributed by atoms with Crippen LogP contribution in [0.15, 0.2) is 0 Å². The molecule has 0 rings (SSSR count). The molecule has 18 heavy (non-hydrogen) atoms. The van der Waals surface area contributed by atoms with Crippen molar-refractivity contribution in [2.45, 2.75) is 64.8 Å². The predicted molar refractivity (Wildman–Crippen MR) is 68.2 cm³/mol. The molecule has 5 heteroatoms. The summed E-state index contributed by atoms with van der Waals surface area (Å²) in [5, 5.41) is 11.1. The fraction of sp³-hybridized carbons (Fsp3) is 0.769. The molecule has 0 radical (unpaired) electrons. The summed E-state index contributed by atoms with van der Waals surface area (Å²) >= 11 is 0. The highest BCUT2D eigenvalue weighted by molar-refractivity contribution is 5.88. The summed E-state index contributed by atoms with van der Waals surface area (Å²) in [6, 6.07) is -0.469. The molecule has 0 aromatic heterocycles. The molecule has 0 aliphatic rings. The Bertz CT molecular complexity index is 289. The summed E-state index contributed by atoms with van der Waals surface area (Å²) < 4.78 is 0. The van der Waals surface area contributed by atoms with E-state index in [2.05, 4.69) is 12.2 Å². The van der Waals surface area contributed by atoms with Crippen molar-refractivity contribution in [1.82, 2.24) is 5.32 Å². The Labute approximate surface area is 108 Å². The summed E-state index contributed by atoms with van der Waals surface area (Å²) in [7, 11) is 0. The lowest BCUT2D eigenvalue weighted by Gasteiger charge is -2.15. The van der Waals surface area contributed by atoms with Crippen LogP contribution in [-0.2, 0) is 14.4 Å². The Hall–Kier alpha value is -1.39. The zero-order valence-corrected chi connectivity index (χ0v) is 11.2. The van der Waals surface area contributed by atoms with Crippen LogP contribution in [-0.4, -0.2) is 28.8 Å². The van der Waals surface area contributed by atoms with Crippen LogP contribution in [0.5, 0.6) is 0 Å². The second-order valence-corrected chi connectivity index (χ2v) is 4.47. The van der Waals surface area contributed by atoms with Crippen LogP contribution in [0.4, 0.5) is 0 Å². The molecule has 0 aromatic rings. The molecule has 0 aromatic carbocycles. The fourth-order valence-electron chi connectivity index (χ4n) is 1.64. The van der Waals surface area contributed by atoms with Crippen LogP contribution in [0, 0.1) is 0 Å². The Balaban J connectivity index is 3.99. The van der Waals surface area contributed by atoms with Crippen LogP contribution >= 0.6 is 0 Å². The largest absolute Gasteiger partial charge is 0.481 e. The molecule has 0 heterocycles. The van der Waals surface area contributed by atoms with Crippen molar-refractivity contribution < 1.29 is 19.5 Å². The molecule has 0 bridgehead atoms. The Morgan fingerprint density at radius 1 is 1.11 bits per heavy atom. The third kappa shape index (κ3) is 8.73. The first-order valence-corrected chi connectivity index (χ1v) is 6.49. The molecule has 2 N–H and O–H groups in total. The SMILES string of the molecule is CCCCCCC(NC(=O)CCC(=O)O)C(C)=O. The van der Waals surface area contributed by atoms with Gasteiger partial charge in [-0.15, -0.1) is 0 Å². The topological polar surface area (TPSA) is 83.5 Å². The molecule has 0 aliphatic heterocycles. The number of hydrogen-bond acceptors (Lipinski definition) is 3. The van der Waals surface area contributed by atoms with Gasteiger partial charge >= 0.3 is 5.97 Å². The van der Waals surface area contributed by atoms with Gasteiger partial charge in [0, 0.05) is 6.42 Å². The quantitative estimate of drug-likeness (QED) is 0.585. The molecule has 0 saturated heterocycles. The number of hydrogen-bond donors (Lipinski definition) is 2. The molecular formula is C13H23NO4. The van der Waals surface area contributed by atoms with Crippen LogP contribution in [0.3, 0.4) is 0 Å². The summed E-state index contributed by atoms with van der Waals surface area (Å²) in [6.45, 7) is 3.55. The van der Waals surface area contributed by atoms with Crippen molar-refractivity contribution in [3.63, 3.8) is 0 Å². The van der Waals surface area contributed by atoms with Gasteiger partial charge in [0.15, 0.2) is 5.78 Å². The zero-order valence-electron chi connectivity index (χ0n) is 11.2. The third-order valence-corrected chi connectivity index (χ3v) is 2.74. The maximum Gasteiger partial charge on any atom is 0.303 e. The van der Waals surface area contributed by atoms with E-state index in [4.69, 9.17) is 5.11 Å². The van der Waals surface area contributed by atoms with E-state index in [1.807, 2.05) is 0 Å². The zero-order chi connectivity index (χ0) is 14.0. The molecule has 1 atom stereocenters. The summed E-state index contributed by atoms with van der Waals surface area (Å²) in [5.41, 5.74) is 0. The van der Waals surface area contributed by atoms with E-state index >= 15 is 0 Å². The predicted octanol–water partition coefficient (Wildman–Crippen LogP) is 1.90. The van der Waals surface area contributed by atoms with Crippen LogP contribution < -0.4 is 5.32 Å². The monoisotopic (exact) mass is 257 g/mol. The summed E-state index contributed by atoms with van der Waals surface area (Å²) in [5.74, 6) is -1.45. The number of Topliss-reactive ketones (excluding diaryl/α,β-unsaturated/α-hetero) is 1. The lowest BCUT2D eigenvalue weighted by molar-refractivity contribution is -0.139. The van der Waals surface area contributed by atoms with Crippen molar-refractivity contribution in [1.29, 1.82) is 0 Å². The molecular weight excluding hydrogens is 234 g/mol. The van der Waals surface area contributed by atoms with Gasteiger partial charge in [-0.3, -0.25) is 14.4 Å². The first-order valence-electron chi connectivity index (χ1n) is 6.49. The number of rotatable bonds is 10. The standard InChI is InChI=1S/C13H23NO4/c1-3-4-5-6-7-11(10(2)15)14-12(16)8-9-13(17)18/h11H,3-9H2,1-2H3,(H,14,16)(H,17,18). The molecule has 5 nitrogen and oxygen atoms in total. The molecule has 0 saturated carbocycles. The van der Waals surface area contributed by atoms with E-state index in [9.17, 15) is 14.4 Å². The van der Waals surface area contributed by atoms with Crippen molar-refractivity contribution in [2.75, 3.05) is 0 Å². The highest BCUT2D eigenvalue weighted by Crippen LogP contribution is 2.07. The van der Waals surface area contributed by atoms with Crippen LogP contribution in [0.25, 0.3) is 0 Å². The van der Waals surface area contributed by atoms with Crippen molar-refractivity contribution in [3.8, 4) is 0 Å². The smallest absolute Gasteiger partial charge is 0.303 e. The van der Waals surface area contributed by atoms with Crippen molar-refractivity contribution in [3.05, 3.63) is 0 Å². The number of carboxylic acids is 1. The number of carbonyl (C=O) groups excluding carboxylic acids is 2. The van der Waals surface area contributed by atoms with Gasteiger partial charge in [-0.05, 0) is 13.3 Å². The average Bonchev–Trinajstić information content (AvgIpc) is 2.30. The van der Waals surface area contributed by atoms with Gasteiger partial charge in [-0.2, -0.15) is 0 Å². The number of aliphatic carboxylic acids is 1. The van der Waals surface area contributed by atoms with Crippen molar-refractivity contribution in [2.24, 2.45) is 0 Å². The van der Waals surface area contributed by atoms with Gasteiger partial charge in [-0.25, -0.2) is 0 Å². The van der Waals surface area contributed by atoms with Crippen LogP contribution in [0.1, 0.15) is 58.8 Å². The van der Waals surface area contributed by atoms with Gasteiger partial charge < -0.3 is 10.4 Å². The van der Waals surface area contributed by atoms with Crippen LogP contribution in [0.2, 0.25) is 0 Å². The third-order valence-electron chi connectivity index (χ3n) is 2.74. The minimum Gasteiger partial charge on any atom is -0.481 e. The van der Waals surface area contributed by atoms with E-state index in [-0.39, 0.29) is 24.5 Å². The Morgan fingerprint density at radius 3 is 2.28 bits per heavy atom. The Kier molecular flexibility index (Phi) is 8.88. The molecule has 1 amide bonds. The average molecular weight is 257 g/mol. The minimum absolute atomic E-state index is 0.0739. The normalized spacial score (nSPS) is 11.9. The van der Waals surface area contributed by atoms with E-state index in [0.717, 1.165) is 25.7 Å². The summed E-state index contributed by atoms with van der Waals surface area (Å²) in [4.78, 5) is 33.1. The van der Waals surface area contributed by atoms with E-state index in [1.54, 1.807) is 0 Å². The number of unbranched alkanes of at least 4 members (excludes halogenated alkanes) is 3. The molecule has 0 aliphatic carbocycles. The number of amides is 1. The highest BCUT2D eigenvalue weighted by Gasteiger charge is 2.16. The lowest BCUT2D eigenvalue weighted by Crippen LogP contribution is -2.39. The minimum atomic E-state index is -1.01. The second-order valence-electron chi connectivity index (χ2n) is 4.47. The number of carboxylic acid groups (broad SMARTS) is 1. The first-order chi connectivity index (χ1) is 8.47. The number of ketones is 1. The number of carbonyl (C=O) groups is 3. The van der Waals surface area contributed by atoms with E-state index < -0.39 is 12.0 Å². The highest BCUT2D eigenvalue weighted by atomic mass is 16.4. The maximum absolute atomic E-state index is 11.4.